The SMILES string of the molecule is CC(=O)N1CCC(C(=O)N(CCCN2C3CC[C@H]2CC(n2c(C)nc4c2CCN(C(=O)C2CC2)C4)C3)c2ccccc2)CC1. The van der Waals surface area contributed by atoms with Crippen LogP contribution in [0.5, 0.6) is 0 Å². The fraction of sp³-hybridized carbons (Fsp3) is 0.657. The molecule has 4 fully saturated rings. The van der Waals surface area contributed by atoms with Gasteiger partial charge in [-0.15, -0.1) is 0 Å². The van der Waals surface area contributed by atoms with Gasteiger partial charge in [0.2, 0.25) is 17.7 Å². The predicted octanol–water partition coefficient (Wildman–Crippen LogP) is 4.34. The van der Waals surface area contributed by atoms with Crippen LogP contribution in [0.3, 0.4) is 0 Å². The van der Waals surface area contributed by atoms with Crippen molar-refractivity contribution >= 4 is 23.4 Å². The Bertz CT molecular complexity index is 1360. The summed E-state index contributed by atoms with van der Waals surface area (Å²) in [5.41, 5.74) is 3.47. The number of fused-ring (bicyclic) bond motifs is 3. The van der Waals surface area contributed by atoms with Gasteiger partial charge in [0.25, 0.3) is 0 Å². The molecule has 9 nitrogen and oxygen atoms in total. The maximum absolute atomic E-state index is 13.8. The van der Waals surface area contributed by atoms with Gasteiger partial charge in [0, 0.05) is 87.4 Å². The van der Waals surface area contributed by atoms with Crippen LogP contribution in [0.15, 0.2) is 30.3 Å². The van der Waals surface area contributed by atoms with Crippen molar-refractivity contribution in [2.24, 2.45) is 11.8 Å². The van der Waals surface area contributed by atoms with Gasteiger partial charge in [0.1, 0.15) is 5.82 Å². The Balaban J connectivity index is 0.976. The molecule has 3 saturated heterocycles. The van der Waals surface area contributed by atoms with Crippen molar-refractivity contribution in [2.45, 2.75) is 103 Å². The molecule has 236 valence electrons. The topological polar surface area (TPSA) is 82.0 Å². The summed E-state index contributed by atoms with van der Waals surface area (Å²) in [7, 11) is 0. The lowest BCUT2D eigenvalue weighted by molar-refractivity contribution is -0.133. The lowest BCUT2D eigenvalue weighted by Crippen LogP contribution is -2.46. The second-order valence-corrected chi connectivity index (χ2v) is 13.9. The Hall–Kier alpha value is -3.20. The number of benzene rings is 1. The Kier molecular flexibility index (Phi) is 8.25. The number of likely N-dealkylation sites (tertiary alicyclic amines) is 1. The van der Waals surface area contributed by atoms with E-state index in [4.69, 9.17) is 4.98 Å². The van der Waals surface area contributed by atoms with Crippen LogP contribution >= 0.6 is 0 Å². The predicted molar refractivity (Wildman–Crippen MR) is 169 cm³/mol. The Morgan fingerprint density at radius 3 is 2.23 bits per heavy atom. The largest absolute Gasteiger partial charge is 0.343 e. The molecule has 0 spiro atoms. The minimum absolute atomic E-state index is 0.0269. The summed E-state index contributed by atoms with van der Waals surface area (Å²) in [5.74, 6) is 1.99. The molecule has 2 unspecified atom stereocenters. The number of amides is 3. The molecule has 3 atom stereocenters. The van der Waals surface area contributed by atoms with Crippen molar-refractivity contribution in [3.63, 3.8) is 0 Å². The monoisotopic (exact) mass is 600 g/mol. The lowest BCUT2D eigenvalue weighted by Gasteiger charge is -2.41. The fourth-order valence-corrected chi connectivity index (χ4v) is 8.67. The van der Waals surface area contributed by atoms with Gasteiger partial charge in [-0.2, -0.15) is 0 Å². The zero-order valence-corrected chi connectivity index (χ0v) is 26.5. The smallest absolute Gasteiger partial charge is 0.230 e. The van der Waals surface area contributed by atoms with Crippen LogP contribution in [0, 0.1) is 18.8 Å². The van der Waals surface area contributed by atoms with Crippen molar-refractivity contribution in [3.05, 3.63) is 47.5 Å². The van der Waals surface area contributed by atoms with Crippen molar-refractivity contribution in [1.29, 1.82) is 0 Å². The molecule has 2 bridgehead atoms. The van der Waals surface area contributed by atoms with Crippen LogP contribution in [0.2, 0.25) is 0 Å². The molecule has 44 heavy (non-hydrogen) atoms. The van der Waals surface area contributed by atoms with E-state index in [9.17, 15) is 14.4 Å². The van der Waals surface area contributed by atoms with Crippen LogP contribution in [-0.2, 0) is 27.3 Å². The molecule has 2 aromatic rings. The number of aromatic nitrogens is 2. The first-order valence-corrected chi connectivity index (χ1v) is 17.1. The standard InChI is InChI=1S/C35H48N6O3/c1-24-36-32-23-38(34(43)26-9-10-26)20-15-33(32)41(24)31-21-29-11-12-30(22-31)39(29)16-6-17-40(28-7-4-3-5-8-28)35(44)27-13-18-37(19-14-27)25(2)42/h3-5,7-8,26-27,29-31H,6,9-23H2,1-2H3/t29-,30?,31?/m0/s1. The molecule has 9 heteroatoms. The molecule has 1 aliphatic carbocycles. The summed E-state index contributed by atoms with van der Waals surface area (Å²) in [4.78, 5) is 52.0. The molecule has 7 rings (SSSR count). The van der Waals surface area contributed by atoms with Gasteiger partial charge in [-0.3, -0.25) is 19.3 Å². The third kappa shape index (κ3) is 5.80. The first-order chi connectivity index (χ1) is 21.4. The summed E-state index contributed by atoms with van der Waals surface area (Å²) in [6.07, 6.45) is 10.3. The number of hydrogen-bond donors (Lipinski definition) is 0. The Labute approximate surface area is 261 Å². The van der Waals surface area contributed by atoms with Crippen LogP contribution in [0.4, 0.5) is 5.69 Å². The zero-order valence-electron chi connectivity index (χ0n) is 26.5. The number of hydrogen-bond acceptors (Lipinski definition) is 5. The van der Waals surface area contributed by atoms with E-state index in [0.29, 0.717) is 43.7 Å². The first kappa shape index (κ1) is 29.5. The molecule has 4 aliphatic heterocycles. The number of nitrogens with zero attached hydrogens (tertiary/aromatic N) is 6. The second kappa shape index (κ2) is 12.3. The van der Waals surface area contributed by atoms with E-state index in [1.165, 1.54) is 18.5 Å². The van der Waals surface area contributed by atoms with Gasteiger partial charge in [0.05, 0.1) is 12.2 Å². The fourth-order valence-electron chi connectivity index (χ4n) is 8.67. The van der Waals surface area contributed by atoms with E-state index in [1.54, 1.807) is 6.92 Å². The number of piperidine rings is 2. The highest BCUT2D eigenvalue weighted by Gasteiger charge is 2.43. The van der Waals surface area contributed by atoms with Crippen LogP contribution < -0.4 is 4.90 Å². The lowest BCUT2D eigenvalue weighted by atomic mass is 9.94. The van der Waals surface area contributed by atoms with Gasteiger partial charge in [-0.05, 0) is 76.8 Å². The van der Waals surface area contributed by atoms with E-state index in [1.807, 2.05) is 45.0 Å². The van der Waals surface area contributed by atoms with Crippen LogP contribution in [-0.4, -0.2) is 86.8 Å². The van der Waals surface area contributed by atoms with Crippen molar-refractivity contribution in [1.82, 2.24) is 24.3 Å². The summed E-state index contributed by atoms with van der Waals surface area (Å²) >= 11 is 0. The Morgan fingerprint density at radius 2 is 1.57 bits per heavy atom. The molecule has 5 heterocycles. The summed E-state index contributed by atoms with van der Waals surface area (Å²) < 4.78 is 2.55. The number of anilines is 1. The minimum atomic E-state index is -0.0269. The van der Waals surface area contributed by atoms with E-state index >= 15 is 0 Å². The maximum Gasteiger partial charge on any atom is 0.230 e. The van der Waals surface area contributed by atoms with Gasteiger partial charge in [-0.1, -0.05) is 18.2 Å². The van der Waals surface area contributed by atoms with Gasteiger partial charge in [0.15, 0.2) is 0 Å². The third-order valence-electron chi connectivity index (χ3n) is 11.1. The molecule has 3 amide bonds. The quantitative estimate of drug-likeness (QED) is 0.451. The zero-order chi connectivity index (χ0) is 30.4. The van der Waals surface area contributed by atoms with E-state index < -0.39 is 0 Å². The number of carbonyl (C=O) groups is 3. The van der Waals surface area contributed by atoms with E-state index in [2.05, 4.69) is 16.4 Å². The average molecular weight is 601 g/mol. The molecule has 0 N–H and O–H groups in total. The molecule has 0 radical (unpaired) electrons. The summed E-state index contributed by atoms with van der Waals surface area (Å²) in [6.45, 7) is 8.35. The third-order valence-corrected chi connectivity index (χ3v) is 11.1. The van der Waals surface area contributed by atoms with Gasteiger partial charge >= 0.3 is 0 Å². The molecule has 1 aromatic heterocycles. The van der Waals surface area contributed by atoms with Crippen LogP contribution in [0.25, 0.3) is 0 Å². The van der Waals surface area contributed by atoms with Crippen LogP contribution in [0.1, 0.15) is 88.0 Å². The van der Waals surface area contributed by atoms with E-state index in [0.717, 1.165) is 88.2 Å². The molecular formula is C35H48N6O3. The minimum Gasteiger partial charge on any atom is -0.343 e. The number of carbonyl (C=O) groups excluding carboxylic acids is 3. The molecule has 5 aliphatic rings. The van der Waals surface area contributed by atoms with Gasteiger partial charge < -0.3 is 19.3 Å². The van der Waals surface area contributed by atoms with E-state index in [-0.39, 0.29) is 23.7 Å². The number of rotatable bonds is 8. The highest BCUT2D eigenvalue weighted by Crippen LogP contribution is 2.43. The molecule has 1 aromatic carbocycles. The summed E-state index contributed by atoms with van der Waals surface area (Å²) in [5, 5.41) is 0. The number of para-hydroxylation sites is 1. The van der Waals surface area contributed by atoms with Crippen molar-refractivity contribution < 1.29 is 14.4 Å². The van der Waals surface area contributed by atoms with Gasteiger partial charge in [-0.25, -0.2) is 4.98 Å². The normalized spacial score (nSPS) is 25.6. The Morgan fingerprint density at radius 1 is 0.864 bits per heavy atom. The number of imidazole rings is 1. The highest BCUT2D eigenvalue weighted by atomic mass is 16.2. The summed E-state index contributed by atoms with van der Waals surface area (Å²) in [6, 6.07) is 11.8. The molecular weight excluding hydrogens is 552 g/mol. The highest BCUT2D eigenvalue weighted by molar-refractivity contribution is 5.95. The average Bonchev–Trinajstić information content (AvgIpc) is 3.79. The molecule has 1 saturated carbocycles. The van der Waals surface area contributed by atoms with Crippen molar-refractivity contribution in [3.8, 4) is 0 Å². The second-order valence-electron chi connectivity index (χ2n) is 13.9. The first-order valence-electron chi connectivity index (χ1n) is 17.1. The number of aryl methyl sites for hydroxylation is 1. The van der Waals surface area contributed by atoms with Crippen molar-refractivity contribution in [2.75, 3.05) is 37.6 Å². The maximum atomic E-state index is 13.8.